The third-order valence-corrected chi connectivity index (χ3v) is 7.35. The molecule has 1 aliphatic carbocycles. The molecule has 0 saturated heterocycles. The zero-order chi connectivity index (χ0) is 27.9. The largest absolute Gasteiger partial charge is 0.383 e. The number of nitrogens with one attached hydrogen (secondary N) is 4. The van der Waals surface area contributed by atoms with Gasteiger partial charge in [-0.2, -0.15) is 5.26 Å². The van der Waals surface area contributed by atoms with E-state index in [4.69, 9.17) is 11.6 Å². The molecule has 3 heterocycles. The summed E-state index contributed by atoms with van der Waals surface area (Å²) < 4.78 is 27.6. The lowest BCUT2D eigenvalue weighted by Crippen LogP contribution is -2.48. The molecule has 1 atom stereocenters. The molecule has 11 heteroatoms. The molecule has 204 valence electrons. The summed E-state index contributed by atoms with van der Waals surface area (Å²) in [7, 11) is 0. The number of anilines is 2. The van der Waals surface area contributed by atoms with Gasteiger partial charge in [0.1, 0.15) is 11.6 Å². The van der Waals surface area contributed by atoms with E-state index in [1.807, 2.05) is 25.1 Å². The Morgan fingerprint density at radius 1 is 1.26 bits per heavy atom. The zero-order valence-corrected chi connectivity index (χ0v) is 23.0. The molecule has 0 bridgehead atoms. The Kier molecular flexibility index (Phi) is 6.99. The molecule has 1 fully saturated rings. The molecule has 39 heavy (non-hydrogen) atoms. The van der Waals surface area contributed by atoms with Gasteiger partial charge in [-0.15, -0.1) is 5.53 Å². The number of nitrogens with zero attached hydrogens (tertiary/aromatic N) is 4. The van der Waals surface area contributed by atoms with E-state index in [2.05, 4.69) is 58.4 Å². The van der Waals surface area contributed by atoms with Gasteiger partial charge in [-0.05, 0) is 43.4 Å². The van der Waals surface area contributed by atoms with Crippen LogP contribution in [-0.4, -0.2) is 33.5 Å². The maximum Gasteiger partial charge on any atom is 0.262 e. The summed E-state index contributed by atoms with van der Waals surface area (Å²) in [6.07, 6.45) is 3.27. The lowest BCUT2D eigenvalue weighted by Gasteiger charge is -2.25. The van der Waals surface area contributed by atoms with Crippen molar-refractivity contribution in [3.8, 4) is 6.07 Å². The Labute approximate surface area is 231 Å². The topological polar surface area (TPSA) is 101 Å². The number of hydrazine groups is 2. The molecular formula is C28H31ClF2N8. The second-order valence-corrected chi connectivity index (χ2v) is 11.7. The number of hydrogen-bond donors (Lipinski definition) is 4. The molecule has 1 aromatic carbocycles. The number of halogens is 3. The number of aromatic nitrogens is 2. The fourth-order valence-corrected chi connectivity index (χ4v) is 4.94. The van der Waals surface area contributed by atoms with Crippen LogP contribution < -0.4 is 21.6 Å². The summed E-state index contributed by atoms with van der Waals surface area (Å²) in [5, 5.41) is 19.3. The number of nitriles is 1. The Balaban J connectivity index is 1.57. The summed E-state index contributed by atoms with van der Waals surface area (Å²) >= 11 is 6.71. The SMILES string of the molecule is Cc1ncccc1[C@@H](Nc1cc(Cl)c2ncc(C#N)c(NCC(C)(C)C)c2c1)C1=CN(C2(C(F)F)CC2)NN1. The molecule has 0 radical (unpaired) electrons. The highest BCUT2D eigenvalue weighted by Crippen LogP contribution is 2.47. The van der Waals surface area contributed by atoms with Gasteiger partial charge in [0.2, 0.25) is 0 Å². The average molecular weight is 553 g/mol. The van der Waals surface area contributed by atoms with Crippen molar-refractivity contribution in [2.75, 3.05) is 17.2 Å². The van der Waals surface area contributed by atoms with Crippen LogP contribution in [0.1, 0.15) is 56.5 Å². The van der Waals surface area contributed by atoms with Gasteiger partial charge in [0.05, 0.1) is 33.5 Å². The highest BCUT2D eigenvalue weighted by atomic mass is 35.5. The number of hydrogen-bond acceptors (Lipinski definition) is 8. The van der Waals surface area contributed by atoms with Crippen LogP contribution >= 0.6 is 11.6 Å². The van der Waals surface area contributed by atoms with E-state index in [-0.39, 0.29) is 5.41 Å². The fourth-order valence-electron chi connectivity index (χ4n) is 4.67. The van der Waals surface area contributed by atoms with Crippen molar-refractivity contribution in [1.29, 1.82) is 5.26 Å². The molecule has 1 aliphatic heterocycles. The van der Waals surface area contributed by atoms with E-state index < -0.39 is 18.0 Å². The average Bonchev–Trinajstić information content (AvgIpc) is 3.56. The lowest BCUT2D eigenvalue weighted by atomic mass is 9.96. The van der Waals surface area contributed by atoms with Crippen molar-refractivity contribution < 1.29 is 8.78 Å². The summed E-state index contributed by atoms with van der Waals surface area (Å²) in [5.74, 6) is 0. The highest BCUT2D eigenvalue weighted by molar-refractivity contribution is 6.35. The zero-order valence-electron chi connectivity index (χ0n) is 22.2. The minimum Gasteiger partial charge on any atom is -0.383 e. The van der Waals surface area contributed by atoms with Crippen molar-refractivity contribution in [3.05, 3.63) is 70.4 Å². The molecule has 8 nitrogen and oxygen atoms in total. The van der Waals surface area contributed by atoms with Crippen LogP contribution in [0.3, 0.4) is 0 Å². The molecule has 2 aromatic heterocycles. The van der Waals surface area contributed by atoms with Gasteiger partial charge in [-0.3, -0.25) is 15.0 Å². The second kappa shape index (κ2) is 10.1. The van der Waals surface area contributed by atoms with E-state index in [0.717, 1.165) is 11.3 Å². The van der Waals surface area contributed by atoms with Crippen LogP contribution in [0, 0.1) is 23.7 Å². The van der Waals surface area contributed by atoms with Crippen molar-refractivity contribution >= 4 is 33.9 Å². The quantitative estimate of drug-likeness (QED) is 0.268. The van der Waals surface area contributed by atoms with Gasteiger partial charge >= 0.3 is 0 Å². The Morgan fingerprint density at radius 3 is 2.67 bits per heavy atom. The van der Waals surface area contributed by atoms with E-state index in [0.29, 0.717) is 57.9 Å². The Morgan fingerprint density at radius 2 is 2.03 bits per heavy atom. The number of fused-ring (bicyclic) bond motifs is 1. The van der Waals surface area contributed by atoms with E-state index in [1.54, 1.807) is 18.5 Å². The first kappa shape index (κ1) is 26.9. The Bertz CT molecular complexity index is 1470. The predicted octanol–water partition coefficient (Wildman–Crippen LogP) is 6.04. The second-order valence-electron chi connectivity index (χ2n) is 11.3. The normalized spacial score (nSPS) is 17.0. The van der Waals surface area contributed by atoms with E-state index >= 15 is 0 Å². The van der Waals surface area contributed by atoms with Gasteiger partial charge in [-0.25, -0.2) is 8.78 Å². The van der Waals surface area contributed by atoms with Crippen molar-refractivity contribution in [1.82, 2.24) is 25.9 Å². The Hall–Kier alpha value is -3.68. The molecule has 2 aliphatic rings. The monoisotopic (exact) mass is 552 g/mol. The van der Waals surface area contributed by atoms with Crippen LogP contribution in [0.5, 0.6) is 0 Å². The summed E-state index contributed by atoms with van der Waals surface area (Å²) in [4.78, 5) is 8.89. The third-order valence-electron chi connectivity index (χ3n) is 7.06. The molecule has 4 N–H and O–H groups in total. The van der Waals surface area contributed by atoms with Gasteiger partial charge in [0.15, 0.2) is 0 Å². The van der Waals surface area contributed by atoms with Crippen LogP contribution in [0.25, 0.3) is 10.9 Å². The minimum atomic E-state index is -2.48. The summed E-state index contributed by atoms with van der Waals surface area (Å²) in [6.45, 7) is 8.86. The van der Waals surface area contributed by atoms with Gasteiger partial charge in [-0.1, -0.05) is 38.4 Å². The van der Waals surface area contributed by atoms with E-state index in [1.165, 1.54) is 11.2 Å². The first-order chi connectivity index (χ1) is 18.5. The molecular weight excluding hydrogens is 522 g/mol. The highest BCUT2D eigenvalue weighted by Gasteiger charge is 2.56. The molecule has 0 spiro atoms. The standard InChI is InChI=1S/C28H31ClF2N8/c1-16-19(6-5-9-33-16)25(22-14-39(38-37-22)28(7-8-28)26(30)31)36-18-10-20-23(35-15-27(2,3)4)17(12-32)13-34-24(20)21(29)11-18/h5-6,9-11,13-14,25-26,36-38H,7-8,15H2,1-4H3,(H,34,35)/t25-/m1/s1. The summed E-state index contributed by atoms with van der Waals surface area (Å²) in [6, 6.07) is 9.22. The van der Waals surface area contributed by atoms with Crippen LogP contribution in [0.4, 0.5) is 20.2 Å². The van der Waals surface area contributed by atoms with Crippen LogP contribution in [0.15, 0.2) is 48.6 Å². The number of alkyl halides is 2. The lowest BCUT2D eigenvalue weighted by molar-refractivity contribution is 0.00911. The van der Waals surface area contributed by atoms with Gasteiger partial charge in [0.25, 0.3) is 6.43 Å². The fraction of sp³-hybridized carbons (Fsp3) is 0.393. The number of aryl methyl sites for hydroxylation is 1. The van der Waals surface area contributed by atoms with Crippen molar-refractivity contribution in [2.24, 2.45) is 5.41 Å². The van der Waals surface area contributed by atoms with E-state index in [9.17, 15) is 14.0 Å². The van der Waals surface area contributed by atoms with Crippen LogP contribution in [-0.2, 0) is 0 Å². The minimum absolute atomic E-state index is 0.0262. The van der Waals surface area contributed by atoms with Crippen molar-refractivity contribution in [2.45, 2.75) is 58.5 Å². The number of pyridine rings is 2. The van der Waals surface area contributed by atoms with Crippen LogP contribution in [0.2, 0.25) is 5.02 Å². The number of rotatable bonds is 8. The first-order valence-corrected chi connectivity index (χ1v) is 13.2. The number of benzene rings is 1. The third kappa shape index (κ3) is 5.29. The summed E-state index contributed by atoms with van der Waals surface area (Å²) in [5.41, 5.74) is 9.41. The predicted molar refractivity (Wildman–Crippen MR) is 149 cm³/mol. The smallest absolute Gasteiger partial charge is 0.262 e. The maximum absolute atomic E-state index is 13.8. The van der Waals surface area contributed by atoms with Gasteiger partial charge < -0.3 is 16.1 Å². The first-order valence-electron chi connectivity index (χ1n) is 12.8. The molecule has 0 amide bonds. The maximum atomic E-state index is 13.8. The van der Waals surface area contributed by atoms with Crippen molar-refractivity contribution in [3.63, 3.8) is 0 Å². The molecule has 5 rings (SSSR count). The van der Waals surface area contributed by atoms with Gasteiger partial charge in [0, 0.05) is 47.5 Å². The molecule has 3 aromatic rings. The molecule has 0 unspecified atom stereocenters. The molecule has 1 saturated carbocycles.